The monoisotopic (exact) mass is 523 g/mol. The van der Waals surface area contributed by atoms with E-state index in [2.05, 4.69) is 0 Å². The summed E-state index contributed by atoms with van der Waals surface area (Å²) in [6, 6.07) is 16.1. The van der Waals surface area contributed by atoms with Crippen molar-refractivity contribution in [1.82, 2.24) is 14.5 Å². The van der Waals surface area contributed by atoms with Crippen molar-refractivity contribution in [2.24, 2.45) is 0 Å². The number of carbonyl (C=O) groups is 1. The van der Waals surface area contributed by atoms with Crippen LogP contribution in [0, 0.1) is 13.8 Å². The average Bonchev–Trinajstić information content (AvgIpc) is 2.89. The van der Waals surface area contributed by atoms with Gasteiger partial charge in [-0.05, 0) is 62.7 Å². The van der Waals surface area contributed by atoms with Gasteiger partial charge in [-0.1, -0.05) is 35.9 Å². The van der Waals surface area contributed by atoms with Crippen molar-refractivity contribution >= 4 is 16.8 Å². The van der Waals surface area contributed by atoms with Crippen molar-refractivity contribution in [2.75, 3.05) is 20.3 Å². The van der Waals surface area contributed by atoms with Crippen molar-refractivity contribution in [3.63, 3.8) is 0 Å². The number of para-hydroxylation sites is 1. The minimum absolute atomic E-state index is 0.0717. The van der Waals surface area contributed by atoms with Crippen LogP contribution < -0.4 is 5.56 Å². The summed E-state index contributed by atoms with van der Waals surface area (Å²) in [7, 11) is 1.47. The maximum absolute atomic E-state index is 13.8. The fourth-order valence-corrected chi connectivity index (χ4v) is 4.51. The van der Waals surface area contributed by atoms with Gasteiger partial charge < -0.3 is 9.64 Å². The van der Waals surface area contributed by atoms with E-state index >= 15 is 0 Å². The molecule has 4 rings (SSSR count). The van der Waals surface area contributed by atoms with E-state index in [1.165, 1.54) is 28.7 Å². The van der Waals surface area contributed by atoms with Gasteiger partial charge in [0.2, 0.25) is 0 Å². The van der Waals surface area contributed by atoms with Crippen LogP contribution in [-0.4, -0.2) is 40.6 Å². The SMILES string of the molecule is COCCN(C(=O)c1cccc(C(F)(F)F)c1)C(C)c1nc2ccccc2c(=O)n1-c1ccc(C)cc1C. The number of hydrogen-bond acceptors (Lipinski definition) is 4. The van der Waals surface area contributed by atoms with Crippen molar-refractivity contribution < 1.29 is 22.7 Å². The van der Waals surface area contributed by atoms with Crippen LogP contribution in [0.25, 0.3) is 16.6 Å². The number of methoxy groups -OCH3 is 1. The van der Waals surface area contributed by atoms with Crippen molar-refractivity contribution in [3.8, 4) is 5.69 Å². The van der Waals surface area contributed by atoms with Crippen LogP contribution in [0.3, 0.4) is 0 Å². The number of rotatable bonds is 7. The molecule has 1 amide bonds. The molecule has 0 spiro atoms. The van der Waals surface area contributed by atoms with Gasteiger partial charge in [-0.3, -0.25) is 14.2 Å². The molecule has 1 aromatic heterocycles. The highest BCUT2D eigenvalue weighted by Gasteiger charge is 2.33. The molecule has 0 radical (unpaired) electrons. The molecule has 198 valence electrons. The van der Waals surface area contributed by atoms with Crippen LogP contribution in [0.15, 0.2) is 71.5 Å². The third kappa shape index (κ3) is 5.33. The van der Waals surface area contributed by atoms with Crippen LogP contribution >= 0.6 is 0 Å². The number of nitrogens with zero attached hydrogens (tertiary/aromatic N) is 3. The minimum Gasteiger partial charge on any atom is -0.383 e. The van der Waals surface area contributed by atoms with Gasteiger partial charge in [0.05, 0.1) is 34.8 Å². The number of amides is 1. The molecule has 0 aliphatic rings. The number of benzene rings is 3. The van der Waals surface area contributed by atoms with Crippen LogP contribution in [0.4, 0.5) is 13.2 Å². The molecule has 0 saturated heterocycles. The Morgan fingerprint density at radius 2 is 1.79 bits per heavy atom. The summed E-state index contributed by atoms with van der Waals surface area (Å²) in [5.41, 5.74) is 1.58. The lowest BCUT2D eigenvalue weighted by Gasteiger charge is -2.31. The first-order chi connectivity index (χ1) is 18.0. The molecule has 6 nitrogen and oxygen atoms in total. The van der Waals surface area contributed by atoms with E-state index in [0.717, 1.165) is 23.3 Å². The summed E-state index contributed by atoms with van der Waals surface area (Å²) in [6.45, 7) is 5.74. The highest BCUT2D eigenvalue weighted by Crippen LogP contribution is 2.31. The summed E-state index contributed by atoms with van der Waals surface area (Å²) in [4.78, 5) is 33.6. The number of aromatic nitrogens is 2. The quantitative estimate of drug-likeness (QED) is 0.304. The highest BCUT2D eigenvalue weighted by molar-refractivity contribution is 5.94. The molecule has 9 heteroatoms. The molecule has 0 N–H and O–H groups in total. The maximum atomic E-state index is 13.8. The maximum Gasteiger partial charge on any atom is 0.416 e. The number of fused-ring (bicyclic) bond motifs is 1. The van der Waals surface area contributed by atoms with Crippen molar-refractivity contribution in [3.05, 3.63) is 105 Å². The van der Waals surface area contributed by atoms with Gasteiger partial charge in [0, 0.05) is 19.2 Å². The van der Waals surface area contributed by atoms with E-state index in [1.54, 1.807) is 31.2 Å². The largest absolute Gasteiger partial charge is 0.416 e. The fourth-order valence-electron chi connectivity index (χ4n) is 4.51. The van der Waals surface area contributed by atoms with Gasteiger partial charge in [-0.15, -0.1) is 0 Å². The Kier molecular flexibility index (Phi) is 7.68. The Bertz CT molecular complexity index is 1550. The number of carbonyl (C=O) groups excluding carboxylic acids is 1. The van der Waals surface area contributed by atoms with Gasteiger partial charge in [-0.2, -0.15) is 13.2 Å². The van der Waals surface area contributed by atoms with Crippen LogP contribution in [0.5, 0.6) is 0 Å². The molecule has 1 unspecified atom stereocenters. The number of ether oxygens (including phenoxy) is 1. The first kappa shape index (κ1) is 27.1. The molecule has 38 heavy (non-hydrogen) atoms. The van der Waals surface area contributed by atoms with Crippen molar-refractivity contribution in [1.29, 1.82) is 0 Å². The second-order valence-electron chi connectivity index (χ2n) is 9.16. The van der Waals surface area contributed by atoms with Crippen molar-refractivity contribution in [2.45, 2.75) is 33.0 Å². The summed E-state index contributed by atoms with van der Waals surface area (Å²) >= 11 is 0. The normalized spacial score (nSPS) is 12.5. The molecular weight excluding hydrogens is 495 g/mol. The number of halogens is 3. The molecule has 0 fully saturated rings. The Morgan fingerprint density at radius 1 is 1.05 bits per heavy atom. The lowest BCUT2D eigenvalue weighted by atomic mass is 10.1. The molecule has 4 aromatic rings. The summed E-state index contributed by atoms with van der Waals surface area (Å²) in [6.07, 6.45) is -4.59. The summed E-state index contributed by atoms with van der Waals surface area (Å²) in [5.74, 6) is -0.340. The van der Waals surface area contributed by atoms with Gasteiger partial charge in [-0.25, -0.2) is 4.98 Å². The molecule has 0 aliphatic heterocycles. The van der Waals surface area contributed by atoms with E-state index in [9.17, 15) is 22.8 Å². The lowest BCUT2D eigenvalue weighted by molar-refractivity contribution is -0.137. The molecule has 1 heterocycles. The number of alkyl halides is 3. The second kappa shape index (κ2) is 10.8. The Balaban J connectivity index is 1.91. The van der Waals surface area contributed by atoms with Crippen LogP contribution in [0.2, 0.25) is 0 Å². The molecule has 1 atom stereocenters. The lowest BCUT2D eigenvalue weighted by Crippen LogP contribution is -2.39. The van der Waals surface area contributed by atoms with E-state index in [4.69, 9.17) is 9.72 Å². The minimum atomic E-state index is -4.59. The molecule has 0 aliphatic carbocycles. The second-order valence-corrected chi connectivity index (χ2v) is 9.16. The van der Waals surface area contributed by atoms with Crippen LogP contribution in [-0.2, 0) is 10.9 Å². The van der Waals surface area contributed by atoms with E-state index < -0.39 is 23.7 Å². The number of hydrogen-bond donors (Lipinski definition) is 0. The zero-order valence-electron chi connectivity index (χ0n) is 21.5. The van der Waals surface area contributed by atoms with E-state index in [1.807, 2.05) is 32.0 Å². The smallest absolute Gasteiger partial charge is 0.383 e. The van der Waals surface area contributed by atoms with Gasteiger partial charge in [0.1, 0.15) is 5.82 Å². The molecule has 0 bridgehead atoms. The first-order valence-electron chi connectivity index (χ1n) is 12.1. The van der Waals surface area contributed by atoms with Gasteiger partial charge >= 0.3 is 6.18 Å². The Hall–Kier alpha value is -3.98. The third-order valence-electron chi connectivity index (χ3n) is 6.47. The predicted molar refractivity (Wildman–Crippen MR) is 140 cm³/mol. The predicted octanol–water partition coefficient (Wildman–Crippen LogP) is 5.87. The first-order valence-corrected chi connectivity index (χ1v) is 12.1. The van der Waals surface area contributed by atoms with Crippen LogP contribution in [0.1, 0.15) is 45.8 Å². The topological polar surface area (TPSA) is 64.4 Å². The number of aryl methyl sites for hydroxylation is 2. The highest BCUT2D eigenvalue weighted by atomic mass is 19.4. The zero-order chi connectivity index (χ0) is 27.6. The standard InChI is InChI=1S/C29H28F3N3O3/c1-18-12-13-25(19(2)16-18)35-26(33-24-11-6-5-10-23(24)28(35)37)20(3)34(14-15-38-4)27(36)21-8-7-9-22(17-21)29(30,31)32/h5-13,16-17,20H,14-15H2,1-4H3. The Labute approximate surface area is 218 Å². The summed E-state index contributed by atoms with van der Waals surface area (Å²) in [5, 5.41) is 0.413. The summed E-state index contributed by atoms with van der Waals surface area (Å²) < 4.78 is 46.8. The third-order valence-corrected chi connectivity index (χ3v) is 6.47. The van der Waals surface area contributed by atoms with E-state index in [-0.39, 0.29) is 30.1 Å². The molecule has 0 saturated carbocycles. The van der Waals surface area contributed by atoms with Gasteiger partial charge in [0.15, 0.2) is 0 Å². The average molecular weight is 524 g/mol. The molecular formula is C29H28F3N3O3. The zero-order valence-corrected chi connectivity index (χ0v) is 21.5. The van der Waals surface area contributed by atoms with E-state index in [0.29, 0.717) is 16.6 Å². The molecule has 3 aromatic carbocycles. The Morgan fingerprint density at radius 3 is 2.47 bits per heavy atom. The van der Waals surface area contributed by atoms with Gasteiger partial charge in [0.25, 0.3) is 11.5 Å². The fraction of sp³-hybridized carbons (Fsp3) is 0.276.